The molecule has 0 radical (unpaired) electrons. The summed E-state index contributed by atoms with van der Waals surface area (Å²) < 4.78 is 31.3. The monoisotopic (exact) mass is 700 g/mol. The van der Waals surface area contributed by atoms with Crippen LogP contribution in [0.1, 0.15) is 56.3 Å². The van der Waals surface area contributed by atoms with Gasteiger partial charge in [-0.2, -0.15) is 0 Å². The van der Waals surface area contributed by atoms with Gasteiger partial charge < -0.3 is 44.3 Å². The maximum Gasteiger partial charge on any atom is 0.340 e. The average Bonchev–Trinajstić information content (AvgIpc) is 3.52. The van der Waals surface area contributed by atoms with Crippen molar-refractivity contribution in [1.29, 1.82) is 0 Å². The average molecular weight is 701 g/mol. The number of esters is 1. The third-order valence-corrected chi connectivity index (χ3v) is 14.1. The van der Waals surface area contributed by atoms with Crippen molar-refractivity contribution in [2.24, 2.45) is 40.4 Å². The number of fused-ring (bicyclic) bond motifs is 2. The summed E-state index contributed by atoms with van der Waals surface area (Å²) in [6, 6.07) is 6.05. The number of benzene rings is 1. The minimum absolute atomic E-state index is 0.0276. The van der Waals surface area contributed by atoms with Crippen molar-refractivity contribution < 1.29 is 53.4 Å². The first-order chi connectivity index (χ1) is 23.8. The van der Waals surface area contributed by atoms with E-state index in [1.807, 2.05) is 0 Å². The Hall–Kier alpha value is -2.65. The van der Waals surface area contributed by atoms with E-state index in [0.717, 1.165) is 6.42 Å². The van der Waals surface area contributed by atoms with Crippen LogP contribution in [0, 0.1) is 40.4 Å². The SMILES string of the molecule is CCN1C[C@]2(COC(=O)c3ccccc3NC(=O)CC(C)C(=O)O)CCC(OC)C34C5CC6C(OC)C5[C@](O)(C[C@@H]6OC)[C@](O)(C(OC)C32)C14. The molecule has 1 aliphatic heterocycles. The van der Waals surface area contributed by atoms with Crippen LogP contribution in [0.2, 0.25) is 0 Å². The molecule has 6 fully saturated rings. The maximum atomic E-state index is 13.9. The van der Waals surface area contributed by atoms with Gasteiger partial charge in [-0.1, -0.05) is 26.0 Å². The molecule has 50 heavy (non-hydrogen) atoms. The first-order valence-electron chi connectivity index (χ1n) is 17.9. The highest BCUT2D eigenvalue weighted by Gasteiger charge is 2.91. The molecule has 276 valence electrons. The molecule has 4 N–H and O–H groups in total. The minimum Gasteiger partial charge on any atom is -0.481 e. The zero-order valence-electron chi connectivity index (χ0n) is 29.8. The lowest BCUT2D eigenvalue weighted by atomic mass is 9.42. The smallest absolute Gasteiger partial charge is 0.340 e. The number of piperidine rings is 1. The van der Waals surface area contributed by atoms with Gasteiger partial charge in [0, 0.05) is 76.4 Å². The second-order valence-electron chi connectivity index (χ2n) is 15.8. The first kappa shape index (κ1) is 35.7. The van der Waals surface area contributed by atoms with Gasteiger partial charge in [0.25, 0.3) is 0 Å². The normalized spacial score (nSPS) is 44.4. The molecule has 14 atom stereocenters. The molecule has 1 aromatic carbocycles. The molecule has 1 spiro atoms. The van der Waals surface area contributed by atoms with E-state index in [1.54, 1.807) is 52.7 Å². The molecule has 5 aliphatic carbocycles. The van der Waals surface area contributed by atoms with Crippen LogP contribution in [0.25, 0.3) is 0 Å². The highest BCUT2D eigenvalue weighted by atomic mass is 16.5. The lowest BCUT2D eigenvalue weighted by Gasteiger charge is -2.70. The highest BCUT2D eigenvalue weighted by Crippen LogP contribution is 2.80. The Kier molecular flexibility index (Phi) is 8.93. The van der Waals surface area contributed by atoms with Gasteiger partial charge in [0.1, 0.15) is 11.2 Å². The Morgan fingerprint density at radius 1 is 1.06 bits per heavy atom. The van der Waals surface area contributed by atoms with Crippen molar-refractivity contribution in [2.75, 3.05) is 53.5 Å². The summed E-state index contributed by atoms with van der Waals surface area (Å²) >= 11 is 0. The number of carboxylic acids is 1. The molecule has 13 heteroatoms. The zero-order valence-corrected chi connectivity index (χ0v) is 29.8. The van der Waals surface area contributed by atoms with Gasteiger partial charge >= 0.3 is 11.9 Å². The van der Waals surface area contributed by atoms with Gasteiger partial charge in [0.15, 0.2) is 0 Å². The van der Waals surface area contributed by atoms with Gasteiger partial charge in [-0.3, -0.25) is 14.5 Å². The summed E-state index contributed by atoms with van der Waals surface area (Å²) in [4.78, 5) is 40.2. The fraction of sp³-hybridized carbons (Fsp3) is 0.757. The quantitative estimate of drug-likeness (QED) is 0.235. The van der Waals surface area contributed by atoms with Crippen molar-refractivity contribution in [1.82, 2.24) is 4.90 Å². The number of rotatable bonds is 12. The molecule has 10 unspecified atom stereocenters. The predicted octanol–water partition coefficient (Wildman–Crippen LogP) is 2.19. The summed E-state index contributed by atoms with van der Waals surface area (Å²) in [5, 5.41) is 38.5. The molecule has 0 aromatic heterocycles. The molecule has 1 aromatic rings. The number of likely N-dealkylation sites (N-methyl/N-ethyl adjacent to an activating group) is 1. The maximum absolute atomic E-state index is 13.9. The number of para-hydroxylation sites is 1. The molecular weight excluding hydrogens is 648 g/mol. The van der Waals surface area contributed by atoms with Crippen molar-refractivity contribution in [3.05, 3.63) is 29.8 Å². The number of carbonyl (C=O) groups is 3. The van der Waals surface area contributed by atoms with E-state index in [0.29, 0.717) is 25.9 Å². The third-order valence-electron chi connectivity index (χ3n) is 14.1. The number of methoxy groups -OCH3 is 4. The number of hydrogen-bond acceptors (Lipinski definition) is 11. The molecule has 7 bridgehead atoms. The van der Waals surface area contributed by atoms with E-state index in [4.69, 9.17) is 23.7 Å². The molecular formula is C37H52N2O11. The molecule has 1 heterocycles. The summed E-state index contributed by atoms with van der Waals surface area (Å²) in [6.45, 7) is 4.65. The van der Waals surface area contributed by atoms with E-state index in [9.17, 15) is 29.7 Å². The van der Waals surface area contributed by atoms with E-state index in [-0.39, 0.29) is 72.7 Å². The van der Waals surface area contributed by atoms with E-state index in [2.05, 4.69) is 17.1 Å². The number of carbonyl (C=O) groups excluding carboxylic acids is 2. The Morgan fingerprint density at radius 3 is 2.44 bits per heavy atom. The second kappa shape index (κ2) is 12.5. The second-order valence-corrected chi connectivity index (χ2v) is 15.8. The lowest BCUT2D eigenvalue weighted by molar-refractivity contribution is -0.320. The van der Waals surface area contributed by atoms with E-state index < -0.39 is 57.9 Å². The molecule has 13 nitrogen and oxygen atoms in total. The number of nitrogens with zero attached hydrogens (tertiary/aromatic N) is 1. The first-order valence-corrected chi connectivity index (χ1v) is 17.9. The third kappa shape index (κ3) is 4.46. The lowest BCUT2D eigenvalue weighted by Crippen LogP contribution is -2.82. The van der Waals surface area contributed by atoms with Gasteiger partial charge in [0.05, 0.1) is 54.2 Å². The van der Waals surface area contributed by atoms with Crippen LogP contribution < -0.4 is 5.32 Å². The largest absolute Gasteiger partial charge is 0.481 e. The Morgan fingerprint density at radius 2 is 1.80 bits per heavy atom. The Labute approximate surface area is 292 Å². The van der Waals surface area contributed by atoms with Crippen molar-refractivity contribution in [3.8, 4) is 0 Å². The number of anilines is 1. The number of likely N-dealkylation sites (tertiary alicyclic amines) is 1. The van der Waals surface area contributed by atoms with Crippen LogP contribution in [0.3, 0.4) is 0 Å². The van der Waals surface area contributed by atoms with E-state index in [1.165, 1.54) is 6.92 Å². The number of aliphatic hydroxyl groups is 2. The number of carboxylic acid groups (broad SMARTS) is 1. The van der Waals surface area contributed by atoms with Crippen LogP contribution in [-0.4, -0.2) is 128 Å². The fourth-order valence-corrected chi connectivity index (χ4v) is 12.6. The molecule has 1 amide bonds. The van der Waals surface area contributed by atoms with Crippen LogP contribution in [0.15, 0.2) is 24.3 Å². The minimum atomic E-state index is -1.71. The van der Waals surface area contributed by atoms with E-state index >= 15 is 0 Å². The number of hydrogen-bond donors (Lipinski definition) is 4. The van der Waals surface area contributed by atoms with Gasteiger partial charge in [0.2, 0.25) is 5.91 Å². The van der Waals surface area contributed by atoms with Gasteiger partial charge in [-0.15, -0.1) is 0 Å². The summed E-state index contributed by atoms with van der Waals surface area (Å²) in [7, 11) is 6.66. The number of ether oxygens (including phenoxy) is 5. The van der Waals surface area contributed by atoms with Crippen molar-refractivity contribution in [2.45, 2.75) is 87.6 Å². The molecule has 7 rings (SSSR count). The Bertz CT molecular complexity index is 1530. The summed E-state index contributed by atoms with van der Waals surface area (Å²) in [5.41, 5.74) is -4.20. The highest BCUT2D eigenvalue weighted by molar-refractivity contribution is 6.01. The van der Waals surface area contributed by atoms with Gasteiger partial charge in [-0.05, 0) is 43.9 Å². The molecule has 5 saturated carbocycles. The molecule has 6 aliphatic rings. The number of nitrogens with one attached hydrogen (secondary N) is 1. The predicted molar refractivity (Wildman–Crippen MR) is 178 cm³/mol. The molecule has 1 saturated heterocycles. The van der Waals surface area contributed by atoms with Crippen LogP contribution >= 0.6 is 0 Å². The van der Waals surface area contributed by atoms with Crippen LogP contribution in [0.4, 0.5) is 5.69 Å². The topological polar surface area (TPSA) is 173 Å². The fourth-order valence-electron chi connectivity index (χ4n) is 12.6. The summed E-state index contributed by atoms with van der Waals surface area (Å²) in [6.07, 6.45) is 0.397. The van der Waals surface area contributed by atoms with Gasteiger partial charge in [-0.25, -0.2) is 4.79 Å². The Balaban J connectivity index is 1.28. The van der Waals surface area contributed by atoms with Crippen molar-refractivity contribution in [3.63, 3.8) is 0 Å². The van der Waals surface area contributed by atoms with Crippen molar-refractivity contribution >= 4 is 23.5 Å². The van der Waals surface area contributed by atoms with Crippen LogP contribution in [-0.2, 0) is 33.3 Å². The zero-order chi connectivity index (χ0) is 36.0. The number of aliphatic carboxylic acids is 1. The van der Waals surface area contributed by atoms with Crippen LogP contribution in [0.5, 0.6) is 0 Å². The number of amides is 1. The summed E-state index contributed by atoms with van der Waals surface area (Å²) in [5.74, 6) is -3.87. The standard InChI is InChI=1S/C37H52N2O11/c1-7-39-17-34(18-50-32(43)20-10-8-9-11-23(20)38-26(40)14-19(2)31(41)42)13-12-25(47-4)36-22-15-21-24(46-3)16-35(44,27(22)28(21)48-5)37(45,33(36)39)30(49-6)29(34)36/h8-11,19,21-22,24-25,27-30,33,44-45H,7,12-18H2,1-6H3,(H,38,40)(H,41,42)/t19?,21?,22?,24-,25?,27?,28?,29?,30?,33?,34-,35+,36?,37-/m0/s1.